The summed E-state index contributed by atoms with van der Waals surface area (Å²) in [5, 5.41) is 4.66. The predicted octanol–water partition coefficient (Wildman–Crippen LogP) is 5.66. The third kappa shape index (κ3) is 3.92. The van der Waals surface area contributed by atoms with Crippen molar-refractivity contribution in [1.82, 2.24) is 15.0 Å². The molecule has 150 valence electrons. The van der Waals surface area contributed by atoms with Crippen LogP contribution in [0.4, 0.5) is 0 Å². The second kappa shape index (κ2) is 7.64. The number of carbonyl (C=O) groups is 1. The highest BCUT2D eigenvalue weighted by molar-refractivity contribution is 6.33. The van der Waals surface area contributed by atoms with Gasteiger partial charge in [0.05, 0.1) is 5.02 Å². The van der Waals surface area contributed by atoms with Gasteiger partial charge in [-0.3, -0.25) is 4.79 Å². The van der Waals surface area contributed by atoms with Gasteiger partial charge < -0.3 is 9.42 Å². The summed E-state index contributed by atoms with van der Waals surface area (Å²) in [5.41, 5.74) is 2.65. The van der Waals surface area contributed by atoms with E-state index in [1.165, 1.54) is 5.56 Å². The Morgan fingerprint density at radius 2 is 1.86 bits per heavy atom. The molecule has 1 aromatic heterocycles. The van der Waals surface area contributed by atoms with E-state index in [9.17, 15) is 4.79 Å². The molecule has 3 aromatic rings. The van der Waals surface area contributed by atoms with Crippen molar-refractivity contribution < 1.29 is 9.32 Å². The van der Waals surface area contributed by atoms with Crippen molar-refractivity contribution in [1.29, 1.82) is 0 Å². The van der Waals surface area contributed by atoms with E-state index in [2.05, 4.69) is 30.9 Å². The van der Waals surface area contributed by atoms with Gasteiger partial charge >= 0.3 is 0 Å². The smallest absolute Gasteiger partial charge is 0.254 e. The van der Waals surface area contributed by atoms with Gasteiger partial charge in [-0.2, -0.15) is 4.98 Å². The van der Waals surface area contributed by atoms with Gasteiger partial charge in [-0.25, -0.2) is 0 Å². The number of aromatic nitrogens is 2. The molecule has 1 saturated heterocycles. The molecular formula is C23H24ClN3O2. The molecule has 1 amide bonds. The van der Waals surface area contributed by atoms with Gasteiger partial charge in [0.25, 0.3) is 5.91 Å². The first-order chi connectivity index (χ1) is 13.8. The number of benzene rings is 2. The van der Waals surface area contributed by atoms with E-state index in [0.29, 0.717) is 28.8 Å². The Bertz CT molecular complexity index is 1020. The van der Waals surface area contributed by atoms with Crippen LogP contribution in [0.1, 0.15) is 61.5 Å². The van der Waals surface area contributed by atoms with Crippen LogP contribution in [0.25, 0.3) is 11.4 Å². The number of amides is 1. The molecule has 5 nitrogen and oxygen atoms in total. The van der Waals surface area contributed by atoms with Crippen molar-refractivity contribution in [2.45, 2.75) is 45.1 Å². The van der Waals surface area contributed by atoms with Crippen molar-refractivity contribution in [2.75, 3.05) is 6.54 Å². The summed E-state index contributed by atoms with van der Waals surface area (Å²) < 4.78 is 5.52. The average Bonchev–Trinajstić information content (AvgIpc) is 3.36. The molecule has 0 unspecified atom stereocenters. The minimum Gasteiger partial charge on any atom is -0.337 e. The third-order valence-electron chi connectivity index (χ3n) is 5.35. The summed E-state index contributed by atoms with van der Waals surface area (Å²) in [6.45, 7) is 7.15. The molecule has 2 aromatic carbocycles. The van der Waals surface area contributed by atoms with Crippen LogP contribution in [0, 0.1) is 0 Å². The van der Waals surface area contributed by atoms with E-state index < -0.39 is 0 Å². The Labute approximate surface area is 175 Å². The fourth-order valence-corrected chi connectivity index (χ4v) is 3.89. The minimum absolute atomic E-state index is 0.00884. The first-order valence-electron chi connectivity index (χ1n) is 9.84. The molecule has 0 spiro atoms. The topological polar surface area (TPSA) is 59.2 Å². The Hall–Kier alpha value is -2.66. The Morgan fingerprint density at radius 3 is 2.55 bits per heavy atom. The molecule has 0 saturated carbocycles. The lowest BCUT2D eigenvalue weighted by Crippen LogP contribution is -2.30. The van der Waals surface area contributed by atoms with E-state index >= 15 is 0 Å². The quantitative estimate of drug-likeness (QED) is 0.559. The molecule has 4 rings (SSSR count). The summed E-state index contributed by atoms with van der Waals surface area (Å²) in [6, 6.07) is 15.0. The number of halogens is 1. The zero-order valence-corrected chi connectivity index (χ0v) is 17.6. The summed E-state index contributed by atoms with van der Waals surface area (Å²) in [4.78, 5) is 19.5. The normalized spacial score (nSPS) is 17.0. The summed E-state index contributed by atoms with van der Waals surface area (Å²) in [6.07, 6.45) is 1.70. The zero-order chi connectivity index (χ0) is 20.6. The largest absolute Gasteiger partial charge is 0.337 e. The molecule has 6 heteroatoms. The molecule has 2 heterocycles. The number of carbonyl (C=O) groups excluding carboxylic acids is 1. The fourth-order valence-electron chi connectivity index (χ4n) is 3.67. The predicted molar refractivity (Wildman–Crippen MR) is 113 cm³/mol. The molecule has 1 fully saturated rings. The van der Waals surface area contributed by atoms with Gasteiger partial charge in [0.15, 0.2) is 0 Å². The Morgan fingerprint density at radius 1 is 1.14 bits per heavy atom. The SMILES string of the molecule is CC(C)(C)c1ccc(C(=O)N2CCC[C@H]2c2nc(-c3ccccc3Cl)no2)cc1. The Balaban J connectivity index is 1.57. The second-order valence-electron chi connectivity index (χ2n) is 8.42. The van der Waals surface area contributed by atoms with Crippen molar-refractivity contribution >= 4 is 17.5 Å². The van der Waals surface area contributed by atoms with Gasteiger partial charge in [-0.15, -0.1) is 0 Å². The molecule has 0 aliphatic carbocycles. The van der Waals surface area contributed by atoms with Crippen molar-refractivity contribution in [3.63, 3.8) is 0 Å². The van der Waals surface area contributed by atoms with Gasteiger partial charge in [0.1, 0.15) is 6.04 Å². The van der Waals surface area contributed by atoms with Crippen LogP contribution in [0.15, 0.2) is 53.1 Å². The van der Waals surface area contributed by atoms with Crippen LogP contribution in [-0.2, 0) is 5.41 Å². The highest BCUT2D eigenvalue weighted by Crippen LogP contribution is 2.34. The van der Waals surface area contributed by atoms with E-state index in [1.54, 1.807) is 6.07 Å². The standard InChI is InChI=1S/C23H24ClN3O2/c1-23(2,3)16-12-10-15(11-13-16)22(28)27-14-6-9-19(27)21-25-20(26-29-21)17-7-4-5-8-18(17)24/h4-5,7-8,10-13,19H,6,9,14H2,1-3H3/t19-/m0/s1. The van der Waals surface area contributed by atoms with Crippen molar-refractivity contribution in [3.8, 4) is 11.4 Å². The number of rotatable bonds is 3. The van der Waals surface area contributed by atoms with Gasteiger partial charge in [-0.1, -0.05) is 61.8 Å². The van der Waals surface area contributed by atoms with Crippen LogP contribution in [0.5, 0.6) is 0 Å². The lowest BCUT2D eigenvalue weighted by Gasteiger charge is -2.23. The lowest BCUT2D eigenvalue weighted by molar-refractivity contribution is 0.0710. The summed E-state index contributed by atoms with van der Waals surface area (Å²) in [7, 11) is 0. The highest BCUT2D eigenvalue weighted by atomic mass is 35.5. The average molecular weight is 410 g/mol. The molecule has 29 heavy (non-hydrogen) atoms. The molecule has 1 aliphatic rings. The van der Waals surface area contributed by atoms with Crippen LogP contribution < -0.4 is 0 Å². The van der Waals surface area contributed by atoms with Crippen LogP contribution >= 0.6 is 11.6 Å². The zero-order valence-electron chi connectivity index (χ0n) is 16.9. The van der Waals surface area contributed by atoms with Crippen LogP contribution in [0.3, 0.4) is 0 Å². The third-order valence-corrected chi connectivity index (χ3v) is 5.68. The van der Waals surface area contributed by atoms with Gasteiger partial charge in [0, 0.05) is 17.7 Å². The first kappa shape index (κ1) is 19.6. The van der Waals surface area contributed by atoms with Gasteiger partial charge in [0.2, 0.25) is 11.7 Å². The number of hydrogen-bond acceptors (Lipinski definition) is 4. The maximum atomic E-state index is 13.1. The fraction of sp³-hybridized carbons (Fsp3) is 0.348. The van der Waals surface area contributed by atoms with Crippen molar-refractivity contribution in [3.05, 3.63) is 70.6 Å². The van der Waals surface area contributed by atoms with Crippen LogP contribution in [-0.4, -0.2) is 27.5 Å². The number of likely N-dealkylation sites (tertiary alicyclic amines) is 1. The monoisotopic (exact) mass is 409 g/mol. The molecule has 1 aliphatic heterocycles. The highest BCUT2D eigenvalue weighted by Gasteiger charge is 2.34. The van der Waals surface area contributed by atoms with E-state index in [0.717, 1.165) is 18.4 Å². The first-order valence-corrected chi connectivity index (χ1v) is 10.2. The molecule has 0 N–H and O–H groups in total. The maximum Gasteiger partial charge on any atom is 0.254 e. The number of nitrogens with zero attached hydrogens (tertiary/aromatic N) is 3. The maximum absolute atomic E-state index is 13.1. The molecule has 1 atom stereocenters. The van der Waals surface area contributed by atoms with Crippen LogP contribution in [0.2, 0.25) is 5.02 Å². The Kier molecular flexibility index (Phi) is 5.17. The molecule has 0 radical (unpaired) electrons. The van der Waals surface area contributed by atoms with Gasteiger partial charge in [-0.05, 0) is 48.1 Å². The molecule has 0 bridgehead atoms. The minimum atomic E-state index is -0.214. The summed E-state index contributed by atoms with van der Waals surface area (Å²) in [5.74, 6) is 0.891. The van der Waals surface area contributed by atoms with E-state index in [1.807, 2.05) is 47.4 Å². The second-order valence-corrected chi connectivity index (χ2v) is 8.83. The van der Waals surface area contributed by atoms with E-state index in [4.69, 9.17) is 16.1 Å². The molecular weight excluding hydrogens is 386 g/mol. The lowest BCUT2D eigenvalue weighted by atomic mass is 9.86. The van der Waals surface area contributed by atoms with Crippen molar-refractivity contribution in [2.24, 2.45) is 0 Å². The number of hydrogen-bond donors (Lipinski definition) is 0. The van der Waals surface area contributed by atoms with E-state index in [-0.39, 0.29) is 17.4 Å². The summed E-state index contributed by atoms with van der Waals surface area (Å²) >= 11 is 6.25.